The molecule has 0 unspecified atom stereocenters. The van der Waals surface area contributed by atoms with Crippen LogP contribution in [0, 0.1) is 11.6 Å². The summed E-state index contributed by atoms with van der Waals surface area (Å²) in [4.78, 5) is 42.4. The SMILES string of the molecule is Cn1nccc1Nc1nccc(-c2ccn([C@H](CO)c3ccc(Cl)c(F)c3)c(=O)c2)n1.Cn1nccc1Nc1nccc(-c2ccn([C@H](CO)c3ccc(Cl)c(F)c3)c(=O)c2)n1.O=S(=O)(O)c1ccccc1.O=S(=O)(O)c1ccccc1.[I][V]([I])[I]. The summed E-state index contributed by atoms with van der Waals surface area (Å²) in [5, 5.41) is 33.9. The van der Waals surface area contributed by atoms with Crippen molar-refractivity contribution in [2.24, 2.45) is 14.1 Å². The predicted octanol–water partition coefficient (Wildman–Crippen LogP) is 10.8. The molecular weight excluding hydrogens is 1580 g/mol. The zero-order valence-corrected chi connectivity index (χ0v) is 55.5. The Hall–Kier alpha value is -6.09. The first-order valence-corrected chi connectivity index (χ1v) is 41.6. The number of aryl methyl sites for hydroxylation is 2. The average molecular weight is 1630 g/mol. The number of hydrogen-bond donors (Lipinski definition) is 6. The Morgan fingerprint density at radius 2 is 0.907 bits per heavy atom. The normalized spacial score (nSPS) is 11.7. The van der Waals surface area contributed by atoms with Crippen molar-refractivity contribution < 1.29 is 49.9 Å². The standard InChI is InChI=1S/2C21H18ClFN6O2.2C6H6O3S.3HI.V/c2*1-28-19(5-8-25-28)27-21-24-7-4-17(26-21)13-6-9-29(20(31)11-13)18(12-30)14-2-3-15(22)16(23)10-14;2*7-10(8,9)6-4-2-1-3-5-6;;;;/h2*2-11,18,30H,12H2,1H3,(H,24,26,27);2*1-5H,(H,7,8,9);3*1H;/q;;;;;;;+3/p-3/t2*18-;;;;;;/m11....../s1. The van der Waals surface area contributed by atoms with Crippen LogP contribution >= 0.6 is 83.1 Å². The zero-order valence-electron chi connectivity index (χ0n) is 44.5. The number of nitrogens with one attached hydrogen (secondary N) is 2. The van der Waals surface area contributed by atoms with Crippen molar-refractivity contribution in [3.05, 3.63) is 236 Å². The van der Waals surface area contributed by atoms with E-state index in [2.05, 4.69) is 101 Å². The second-order valence-electron chi connectivity index (χ2n) is 17.3. The Balaban J connectivity index is 0.000000200. The Morgan fingerprint density at radius 3 is 1.19 bits per heavy atom. The zero-order chi connectivity index (χ0) is 62.7. The van der Waals surface area contributed by atoms with Crippen LogP contribution in [0.5, 0.6) is 0 Å². The Morgan fingerprint density at radius 1 is 0.547 bits per heavy atom. The van der Waals surface area contributed by atoms with Gasteiger partial charge in [-0.25, -0.2) is 28.7 Å². The molecule has 0 aliphatic rings. The number of pyridine rings is 2. The van der Waals surface area contributed by atoms with E-state index in [9.17, 15) is 45.4 Å². The number of nitrogens with zero attached hydrogens (tertiary/aromatic N) is 10. The van der Waals surface area contributed by atoms with Gasteiger partial charge in [-0.3, -0.25) is 28.1 Å². The van der Waals surface area contributed by atoms with Gasteiger partial charge in [0.15, 0.2) is 0 Å². The van der Waals surface area contributed by atoms with Crippen LogP contribution in [0.3, 0.4) is 0 Å². The van der Waals surface area contributed by atoms with Crippen molar-refractivity contribution in [3.63, 3.8) is 0 Å². The van der Waals surface area contributed by atoms with Gasteiger partial charge in [-0.15, -0.1) is 0 Å². The number of hydrogen-bond acceptors (Lipinski definition) is 16. The van der Waals surface area contributed by atoms with Crippen molar-refractivity contribution >= 4 is 127 Å². The molecule has 0 spiro atoms. The second kappa shape index (κ2) is 32.8. The number of aliphatic hydroxyl groups excluding tert-OH is 2. The molecular formula is C54H48Cl2F2I3N12O10S2V. The van der Waals surface area contributed by atoms with E-state index in [0.717, 1.165) is 0 Å². The molecule has 0 fully saturated rings. The minimum atomic E-state index is -4.00. The first kappa shape index (κ1) is 69.0. The van der Waals surface area contributed by atoms with Gasteiger partial charge in [0.1, 0.15) is 23.3 Å². The number of rotatable bonds is 14. The van der Waals surface area contributed by atoms with E-state index in [1.54, 1.807) is 146 Å². The molecule has 0 aliphatic carbocycles. The molecule has 0 aliphatic heterocycles. The molecule has 6 heterocycles. The summed E-state index contributed by atoms with van der Waals surface area (Å²) >= 11 is 18.9. The van der Waals surface area contributed by atoms with Gasteiger partial charge in [-0.05, 0) is 83.9 Å². The van der Waals surface area contributed by atoms with Crippen molar-refractivity contribution in [1.82, 2.24) is 48.6 Å². The molecule has 22 nitrogen and oxygen atoms in total. The maximum atomic E-state index is 13.8. The van der Waals surface area contributed by atoms with E-state index in [-0.39, 0.29) is 49.1 Å². The van der Waals surface area contributed by atoms with Gasteiger partial charge >= 0.3 is 64.9 Å². The fraction of sp³-hybridized carbons (Fsp3) is 0.111. The summed E-state index contributed by atoms with van der Waals surface area (Å²) in [5.74, 6) is 0.917. The van der Waals surface area contributed by atoms with E-state index >= 15 is 0 Å². The molecule has 0 radical (unpaired) electrons. The summed E-state index contributed by atoms with van der Waals surface area (Å²) in [6.07, 6.45) is 9.55. The van der Waals surface area contributed by atoms with E-state index in [0.29, 0.717) is 57.2 Å². The molecule has 10 aromatic rings. The van der Waals surface area contributed by atoms with E-state index in [1.807, 2.05) is 0 Å². The van der Waals surface area contributed by atoms with Crippen LogP contribution in [0.25, 0.3) is 22.5 Å². The first-order valence-electron chi connectivity index (χ1n) is 24.4. The number of benzene rings is 4. The van der Waals surface area contributed by atoms with Gasteiger partial charge in [0.05, 0.1) is 68.9 Å². The fourth-order valence-corrected chi connectivity index (χ4v) is 8.76. The van der Waals surface area contributed by atoms with Gasteiger partial charge in [0.25, 0.3) is 31.4 Å². The van der Waals surface area contributed by atoms with Gasteiger partial charge in [-0.2, -0.15) is 27.0 Å². The Labute approximate surface area is 538 Å². The molecule has 6 aromatic heterocycles. The maximum absolute atomic E-state index is 13.8. The third-order valence-corrected chi connectivity index (χ3v) is 14.0. The molecule has 4 aromatic carbocycles. The Bertz CT molecular complexity index is 3970. The van der Waals surface area contributed by atoms with Crippen LogP contribution in [0.1, 0.15) is 23.2 Å². The molecule has 6 N–H and O–H groups in total. The van der Waals surface area contributed by atoms with Crippen LogP contribution < -0.4 is 21.8 Å². The molecule has 2 atom stereocenters. The van der Waals surface area contributed by atoms with E-state index in [4.69, 9.17) is 32.3 Å². The summed E-state index contributed by atoms with van der Waals surface area (Å²) in [6, 6.07) is 34.9. The molecule has 0 amide bonds. The van der Waals surface area contributed by atoms with Crippen LogP contribution in [-0.4, -0.2) is 98.0 Å². The van der Waals surface area contributed by atoms with Crippen molar-refractivity contribution in [2.45, 2.75) is 21.9 Å². The third kappa shape index (κ3) is 20.5. The summed E-state index contributed by atoms with van der Waals surface area (Å²) in [7, 11) is -4.43. The molecule has 32 heteroatoms. The van der Waals surface area contributed by atoms with E-state index < -0.39 is 44.0 Å². The fourth-order valence-electron chi connectivity index (χ4n) is 7.53. The molecule has 0 saturated heterocycles. The van der Waals surface area contributed by atoms with Crippen LogP contribution in [0.2, 0.25) is 10.0 Å². The van der Waals surface area contributed by atoms with Crippen LogP contribution in [0.15, 0.2) is 202 Å². The second-order valence-corrected chi connectivity index (χ2v) is 56.3. The molecule has 86 heavy (non-hydrogen) atoms. The van der Waals surface area contributed by atoms with Gasteiger partial charge < -0.3 is 30.0 Å². The topological polar surface area (TPSA) is 304 Å². The van der Waals surface area contributed by atoms with Crippen molar-refractivity contribution in [3.8, 4) is 22.5 Å². The molecule has 0 saturated carbocycles. The monoisotopic (exact) mass is 1630 g/mol. The summed E-state index contributed by atoms with van der Waals surface area (Å²) in [6.45, 7) is -0.765. The first-order chi connectivity index (χ1) is 40.9. The predicted molar refractivity (Wildman–Crippen MR) is 344 cm³/mol. The van der Waals surface area contributed by atoms with Gasteiger partial charge in [-0.1, -0.05) is 71.7 Å². The number of halogens is 7. The van der Waals surface area contributed by atoms with Crippen molar-refractivity contribution in [2.75, 3.05) is 23.8 Å². The number of aromatic nitrogens is 10. The van der Waals surface area contributed by atoms with E-state index in [1.165, 1.54) is 69.8 Å². The average Bonchev–Trinajstić information content (AvgIpc) is 4.18. The molecule has 10 rings (SSSR count). The van der Waals surface area contributed by atoms with Crippen LogP contribution in [-0.2, 0) is 39.3 Å². The Kier molecular flexibility index (Phi) is 26.3. The van der Waals surface area contributed by atoms with Gasteiger partial charge in [0, 0.05) is 74.3 Å². The minimum absolute atomic E-state index is 0.0255. The van der Waals surface area contributed by atoms with Crippen LogP contribution in [0.4, 0.5) is 32.3 Å². The summed E-state index contributed by atoms with van der Waals surface area (Å²) < 4.78 is 92.1. The molecule has 450 valence electrons. The summed E-state index contributed by atoms with van der Waals surface area (Å²) in [5.41, 5.74) is 2.38. The van der Waals surface area contributed by atoms with Gasteiger partial charge in [0.2, 0.25) is 11.9 Å². The van der Waals surface area contributed by atoms with Crippen molar-refractivity contribution in [1.29, 1.82) is 0 Å². The quantitative estimate of drug-likeness (QED) is 0.0435. The number of aliphatic hydroxyl groups is 2. The third-order valence-electron chi connectivity index (χ3n) is 11.7. The number of anilines is 4. The molecule has 0 bridgehead atoms.